The second kappa shape index (κ2) is 7.29. The van der Waals surface area contributed by atoms with Gasteiger partial charge in [0.2, 0.25) is 5.88 Å². The molecule has 24 heavy (non-hydrogen) atoms. The van der Waals surface area contributed by atoms with E-state index in [2.05, 4.69) is 4.98 Å². The number of ether oxygens (including phenoxy) is 2. The Morgan fingerprint density at radius 3 is 2.79 bits per heavy atom. The van der Waals surface area contributed by atoms with Crippen LogP contribution in [0.1, 0.15) is 12.0 Å². The van der Waals surface area contributed by atoms with E-state index >= 15 is 0 Å². The molecule has 3 rings (SSSR count). The van der Waals surface area contributed by atoms with Gasteiger partial charge >= 0.3 is 0 Å². The maximum atomic E-state index is 12.8. The third-order valence-electron chi connectivity index (χ3n) is 3.85. The van der Waals surface area contributed by atoms with Crippen molar-refractivity contribution < 1.29 is 18.7 Å². The zero-order chi connectivity index (χ0) is 16.9. The van der Waals surface area contributed by atoms with Gasteiger partial charge in [-0.1, -0.05) is 6.07 Å². The third kappa shape index (κ3) is 4.22. The average molecular weight is 330 g/mol. The SMILES string of the molecule is Cc1ccc(OC2CCN(C(=O)COc3ccc(F)cc3)C2)nc1. The van der Waals surface area contributed by atoms with Crippen LogP contribution in [-0.4, -0.2) is 41.6 Å². The van der Waals surface area contributed by atoms with Gasteiger partial charge in [-0.3, -0.25) is 4.79 Å². The number of hydrogen-bond acceptors (Lipinski definition) is 4. The summed E-state index contributed by atoms with van der Waals surface area (Å²) in [5.74, 6) is 0.600. The Morgan fingerprint density at radius 1 is 1.29 bits per heavy atom. The molecule has 1 saturated heterocycles. The minimum absolute atomic E-state index is 0.0602. The largest absolute Gasteiger partial charge is 0.484 e. The van der Waals surface area contributed by atoms with Crippen molar-refractivity contribution in [2.45, 2.75) is 19.4 Å². The molecule has 0 aliphatic carbocycles. The van der Waals surface area contributed by atoms with Gasteiger partial charge < -0.3 is 14.4 Å². The van der Waals surface area contributed by atoms with E-state index in [1.807, 2.05) is 19.1 Å². The molecule has 6 heteroatoms. The number of aromatic nitrogens is 1. The van der Waals surface area contributed by atoms with Crippen molar-refractivity contribution in [1.82, 2.24) is 9.88 Å². The van der Waals surface area contributed by atoms with Crippen molar-refractivity contribution in [3.63, 3.8) is 0 Å². The number of carbonyl (C=O) groups is 1. The number of aryl methyl sites for hydroxylation is 1. The molecule has 0 radical (unpaired) electrons. The maximum Gasteiger partial charge on any atom is 0.260 e. The van der Waals surface area contributed by atoms with Gasteiger partial charge in [-0.25, -0.2) is 9.37 Å². The number of rotatable bonds is 5. The van der Waals surface area contributed by atoms with Crippen LogP contribution >= 0.6 is 0 Å². The molecule has 0 spiro atoms. The summed E-state index contributed by atoms with van der Waals surface area (Å²) < 4.78 is 24.0. The highest BCUT2D eigenvalue weighted by Gasteiger charge is 2.28. The van der Waals surface area contributed by atoms with E-state index in [9.17, 15) is 9.18 Å². The van der Waals surface area contributed by atoms with E-state index in [1.165, 1.54) is 24.3 Å². The predicted molar refractivity (Wildman–Crippen MR) is 86.5 cm³/mol. The van der Waals surface area contributed by atoms with Crippen LogP contribution < -0.4 is 9.47 Å². The van der Waals surface area contributed by atoms with Crippen molar-refractivity contribution in [1.29, 1.82) is 0 Å². The van der Waals surface area contributed by atoms with E-state index in [0.717, 1.165) is 12.0 Å². The normalized spacial score (nSPS) is 16.9. The first-order valence-electron chi connectivity index (χ1n) is 7.85. The smallest absolute Gasteiger partial charge is 0.260 e. The van der Waals surface area contributed by atoms with Gasteiger partial charge in [0.25, 0.3) is 5.91 Å². The summed E-state index contributed by atoms with van der Waals surface area (Å²) in [6.45, 7) is 3.04. The lowest BCUT2D eigenvalue weighted by Gasteiger charge is -2.17. The monoisotopic (exact) mass is 330 g/mol. The van der Waals surface area contributed by atoms with Crippen LogP contribution in [0.3, 0.4) is 0 Å². The molecule has 0 bridgehead atoms. The van der Waals surface area contributed by atoms with Crippen molar-refractivity contribution in [2.75, 3.05) is 19.7 Å². The highest BCUT2D eigenvalue weighted by atomic mass is 19.1. The summed E-state index contributed by atoms with van der Waals surface area (Å²) in [5, 5.41) is 0. The summed E-state index contributed by atoms with van der Waals surface area (Å²) in [4.78, 5) is 18.1. The molecular weight excluding hydrogens is 311 g/mol. The summed E-state index contributed by atoms with van der Waals surface area (Å²) in [6, 6.07) is 9.37. The van der Waals surface area contributed by atoms with E-state index in [-0.39, 0.29) is 24.4 Å². The first kappa shape index (κ1) is 16.2. The molecule has 1 aromatic carbocycles. The number of carbonyl (C=O) groups excluding carboxylic acids is 1. The Kier molecular flexibility index (Phi) is 4.93. The lowest BCUT2D eigenvalue weighted by molar-refractivity contribution is -0.132. The van der Waals surface area contributed by atoms with Gasteiger partial charge in [0.05, 0.1) is 6.54 Å². The Morgan fingerprint density at radius 2 is 2.08 bits per heavy atom. The Bertz CT molecular complexity index is 688. The van der Waals surface area contributed by atoms with Crippen molar-refractivity contribution in [2.24, 2.45) is 0 Å². The summed E-state index contributed by atoms with van der Waals surface area (Å²) >= 11 is 0. The number of halogens is 1. The topological polar surface area (TPSA) is 51.7 Å². The molecule has 0 saturated carbocycles. The number of amides is 1. The number of benzene rings is 1. The average Bonchev–Trinajstić information content (AvgIpc) is 3.05. The molecule has 2 heterocycles. The van der Waals surface area contributed by atoms with E-state index in [0.29, 0.717) is 24.7 Å². The minimum atomic E-state index is -0.335. The number of hydrogen-bond donors (Lipinski definition) is 0. The van der Waals surface area contributed by atoms with Gasteiger partial charge in [0, 0.05) is 25.2 Å². The molecule has 0 N–H and O–H groups in total. The molecule has 1 aliphatic heterocycles. The second-order valence-electron chi connectivity index (χ2n) is 5.78. The molecule has 1 unspecified atom stereocenters. The predicted octanol–water partition coefficient (Wildman–Crippen LogP) is 2.59. The van der Waals surface area contributed by atoms with Crippen LogP contribution in [0.15, 0.2) is 42.6 Å². The number of pyridine rings is 1. The molecule has 2 aromatic rings. The first-order valence-corrected chi connectivity index (χ1v) is 7.85. The highest BCUT2D eigenvalue weighted by Crippen LogP contribution is 2.17. The van der Waals surface area contributed by atoms with Crippen LogP contribution in [0, 0.1) is 12.7 Å². The lowest BCUT2D eigenvalue weighted by atomic mass is 10.3. The molecule has 126 valence electrons. The molecule has 1 aromatic heterocycles. The van der Waals surface area contributed by atoms with Gasteiger partial charge in [-0.05, 0) is 36.8 Å². The van der Waals surface area contributed by atoms with Crippen LogP contribution in [0.4, 0.5) is 4.39 Å². The van der Waals surface area contributed by atoms with Gasteiger partial charge in [-0.2, -0.15) is 0 Å². The quantitative estimate of drug-likeness (QED) is 0.845. The number of nitrogens with zero attached hydrogens (tertiary/aromatic N) is 2. The summed E-state index contributed by atoms with van der Waals surface area (Å²) in [7, 11) is 0. The van der Waals surface area contributed by atoms with Gasteiger partial charge in [0.15, 0.2) is 6.61 Å². The van der Waals surface area contributed by atoms with E-state index < -0.39 is 0 Å². The summed E-state index contributed by atoms with van der Waals surface area (Å²) in [6.07, 6.45) is 2.46. The summed E-state index contributed by atoms with van der Waals surface area (Å²) in [5.41, 5.74) is 1.07. The molecule has 1 fully saturated rings. The second-order valence-corrected chi connectivity index (χ2v) is 5.78. The van der Waals surface area contributed by atoms with E-state index in [1.54, 1.807) is 11.1 Å². The van der Waals surface area contributed by atoms with Crippen LogP contribution in [0.2, 0.25) is 0 Å². The van der Waals surface area contributed by atoms with Crippen LogP contribution in [0.25, 0.3) is 0 Å². The Hall–Kier alpha value is -2.63. The number of likely N-dealkylation sites (tertiary alicyclic amines) is 1. The zero-order valence-electron chi connectivity index (χ0n) is 13.4. The zero-order valence-corrected chi connectivity index (χ0v) is 13.4. The first-order chi connectivity index (χ1) is 11.6. The van der Waals surface area contributed by atoms with Crippen LogP contribution in [0.5, 0.6) is 11.6 Å². The van der Waals surface area contributed by atoms with Crippen molar-refractivity contribution >= 4 is 5.91 Å². The Balaban J connectivity index is 1.46. The molecule has 1 atom stereocenters. The Labute approximate surface area is 140 Å². The molecule has 1 amide bonds. The lowest BCUT2D eigenvalue weighted by Crippen LogP contribution is -2.34. The fourth-order valence-electron chi connectivity index (χ4n) is 2.51. The van der Waals surface area contributed by atoms with Gasteiger partial charge in [-0.15, -0.1) is 0 Å². The standard InChI is InChI=1S/C18H19FN2O3/c1-13-2-7-17(20-10-13)24-16-8-9-21(11-16)18(22)12-23-15-5-3-14(19)4-6-15/h2-7,10,16H,8-9,11-12H2,1H3. The highest BCUT2D eigenvalue weighted by molar-refractivity contribution is 5.78. The van der Waals surface area contributed by atoms with Crippen molar-refractivity contribution in [3.8, 4) is 11.6 Å². The molecule has 1 aliphatic rings. The van der Waals surface area contributed by atoms with Crippen molar-refractivity contribution in [3.05, 3.63) is 54.0 Å². The minimum Gasteiger partial charge on any atom is -0.484 e. The molecular formula is C18H19FN2O3. The van der Waals surface area contributed by atoms with E-state index in [4.69, 9.17) is 9.47 Å². The fourth-order valence-corrected chi connectivity index (χ4v) is 2.51. The maximum absolute atomic E-state index is 12.8. The fraction of sp³-hybridized carbons (Fsp3) is 0.333. The van der Waals surface area contributed by atoms with Gasteiger partial charge in [0.1, 0.15) is 17.7 Å². The molecule has 5 nitrogen and oxygen atoms in total. The van der Waals surface area contributed by atoms with Crippen LogP contribution in [-0.2, 0) is 4.79 Å². The third-order valence-corrected chi connectivity index (χ3v) is 3.85.